The van der Waals surface area contributed by atoms with Gasteiger partial charge in [-0.1, -0.05) is 37.3 Å². The molecule has 0 aliphatic rings. The number of aliphatic carboxylic acids is 1. The van der Waals surface area contributed by atoms with Gasteiger partial charge in [-0.2, -0.15) is 0 Å². The van der Waals surface area contributed by atoms with Crippen LogP contribution in [-0.2, 0) is 16.0 Å². The summed E-state index contributed by atoms with van der Waals surface area (Å²) in [6, 6.07) is 10.2. The molecule has 0 aromatic heterocycles. The van der Waals surface area contributed by atoms with E-state index >= 15 is 0 Å². The molecule has 0 radical (unpaired) electrons. The number of nitrogens with zero attached hydrogens (tertiary/aromatic N) is 1. The topological polar surface area (TPSA) is 57.6 Å². The maximum absolute atomic E-state index is 12.1. The molecule has 4 heteroatoms. The number of hydrogen-bond acceptors (Lipinski definition) is 2. The highest BCUT2D eigenvalue weighted by atomic mass is 16.4. The standard InChI is InChI=1S/C16H23NO3/c1-3-17(12-15(18)19)16(20)13(2)8-7-11-14-9-5-4-6-10-14/h4-6,9-10,13H,3,7-8,11-12H2,1-2H3,(H,18,19). The number of hydrogen-bond donors (Lipinski definition) is 1. The largest absolute Gasteiger partial charge is 0.480 e. The van der Waals surface area contributed by atoms with Gasteiger partial charge in [-0.3, -0.25) is 9.59 Å². The van der Waals surface area contributed by atoms with Gasteiger partial charge in [0.05, 0.1) is 0 Å². The van der Waals surface area contributed by atoms with Crippen LogP contribution in [0.1, 0.15) is 32.3 Å². The molecule has 1 rings (SSSR count). The van der Waals surface area contributed by atoms with Crippen molar-refractivity contribution in [3.8, 4) is 0 Å². The molecule has 4 nitrogen and oxygen atoms in total. The molecule has 20 heavy (non-hydrogen) atoms. The summed E-state index contributed by atoms with van der Waals surface area (Å²) in [4.78, 5) is 24.2. The summed E-state index contributed by atoms with van der Waals surface area (Å²) in [7, 11) is 0. The first-order valence-electron chi connectivity index (χ1n) is 7.09. The van der Waals surface area contributed by atoms with Crippen molar-refractivity contribution in [1.82, 2.24) is 4.90 Å². The number of amides is 1. The van der Waals surface area contributed by atoms with E-state index in [0.29, 0.717) is 6.54 Å². The van der Waals surface area contributed by atoms with E-state index in [1.807, 2.05) is 25.1 Å². The van der Waals surface area contributed by atoms with Gasteiger partial charge in [0.2, 0.25) is 5.91 Å². The van der Waals surface area contributed by atoms with Crippen molar-refractivity contribution in [3.63, 3.8) is 0 Å². The normalized spacial score (nSPS) is 11.9. The maximum Gasteiger partial charge on any atom is 0.323 e. The minimum Gasteiger partial charge on any atom is -0.480 e. The van der Waals surface area contributed by atoms with Crippen LogP contribution >= 0.6 is 0 Å². The van der Waals surface area contributed by atoms with Gasteiger partial charge in [-0.15, -0.1) is 0 Å². The van der Waals surface area contributed by atoms with E-state index in [9.17, 15) is 9.59 Å². The van der Waals surface area contributed by atoms with Gasteiger partial charge in [0.15, 0.2) is 0 Å². The number of aryl methyl sites for hydroxylation is 1. The van der Waals surface area contributed by atoms with Crippen molar-refractivity contribution in [2.45, 2.75) is 33.1 Å². The molecule has 0 saturated heterocycles. The summed E-state index contributed by atoms with van der Waals surface area (Å²) in [6.07, 6.45) is 2.66. The van der Waals surface area contributed by atoms with Gasteiger partial charge in [-0.25, -0.2) is 0 Å². The summed E-state index contributed by atoms with van der Waals surface area (Å²) in [5, 5.41) is 8.78. The number of benzene rings is 1. The summed E-state index contributed by atoms with van der Waals surface area (Å²) < 4.78 is 0. The lowest BCUT2D eigenvalue weighted by molar-refractivity contribution is -0.146. The molecule has 1 N–H and O–H groups in total. The number of carbonyl (C=O) groups is 2. The van der Waals surface area contributed by atoms with Crippen molar-refractivity contribution in [1.29, 1.82) is 0 Å². The summed E-state index contributed by atoms with van der Waals surface area (Å²) in [5.74, 6) is -1.15. The second-order valence-corrected chi connectivity index (χ2v) is 5.03. The van der Waals surface area contributed by atoms with Gasteiger partial charge < -0.3 is 10.0 Å². The van der Waals surface area contributed by atoms with Crippen LogP contribution in [0.25, 0.3) is 0 Å². The first kappa shape index (κ1) is 16.2. The molecule has 1 aromatic carbocycles. The number of likely N-dealkylation sites (N-methyl/N-ethyl adjacent to an activating group) is 1. The monoisotopic (exact) mass is 277 g/mol. The van der Waals surface area contributed by atoms with Crippen molar-refractivity contribution in [3.05, 3.63) is 35.9 Å². The van der Waals surface area contributed by atoms with Crippen LogP contribution in [0, 0.1) is 5.92 Å². The first-order chi connectivity index (χ1) is 9.54. The molecular formula is C16H23NO3. The van der Waals surface area contributed by atoms with E-state index in [1.165, 1.54) is 10.5 Å². The Morgan fingerprint density at radius 3 is 2.45 bits per heavy atom. The highest BCUT2D eigenvalue weighted by Gasteiger charge is 2.20. The Hall–Kier alpha value is -1.84. The van der Waals surface area contributed by atoms with Gasteiger partial charge in [0.25, 0.3) is 0 Å². The zero-order valence-electron chi connectivity index (χ0n) is 12.2. The fourth-order valence-electron chi connectivity index (χ4n) is 2.20. The zero-order valence-corrected chi connectivity index (χ0v) is 12.2. The van der Waals surface area contributed by atoms with Gasteiger partial charge in [0, 0.05) is 12.5 Å². The third kappa shape index (κ3) is 5.43. The summed E-state index contributed by atoms with van der Waals surface area (Å²) in [5.41, 5.74) is 1.27. The van der Waals surface area contributed by atoms with Crippen molar-refractivity contribution in [2.75, 3.05) is 13.1 Å². The molecule has 110 valence electrons. The van der Waals surface area contributed by atoms with E-state index in [1.54, 1.807) is 6.92 Å². The smallest absolute Gasteiger partial charge is 0.323 e. The van der Waals surface area contributed by atoms with Gasteiger partial charge in [-0.05, 0) is 31.7 Å². The van der Waals surface area contributed by atoms with Crippen molar-refractivity contribution >= 4 is 11.9 Å². The van der Waals surface area contributed by atoms with Crippen LogP contribution < -0.4 is 0 Å². The average Bonchev–Trinajstić information content (AvgIpc) is 2.44. The second kappa shape index (κ2) is 8.35. The van der Waals surface area contributed by atoms with Gasteiger partial charge >= 0.3 is 5.97 Å². The Morgan fingerprint density at radius 1 is 1.25 bits per heavy atom. The summed E-state index contributed by atoms with van der Waals surface area (Å²) >= 11 is 0. The summed E-state index contributed by atoms with van der Waals surface area (Å²) in [6.45, 7) is 3.90. The number of carboxylic acids is 1. The Kier molecular flexibility index (Phi) is 6.77. The lowest BCUT2D eigenvalue weighted by atomic mass is 10.00. The van der Waals surface area contributed by atoms with E-state index < -0.39 is 5.97 Å². The molecule has 1 aromatic rings. The molecule has 0 spiro atoms. The lowest BCUT2D eigenvalue weighted by Gasteiger charge is -2.22. The molecule has 0 bridgehead atoms. The second-order valence-electron chi connectivity index (χ2n) is 5.03. The molecule has 1 amide bonds. The highest BCUT2D eigenvalue weighted by molar-refractivity contribution is 5.82. The average molecular weight is 277 g/mol. The fourth-order valence-corrected chi connectivity index (χ4v) is 2.20. The first-order valence-corrected chi connectivity index (χ1v) is 7.09. The fraction of sp³-hybridized carbons (Fsp3) is 0.500. The van der Waals surface area contributed by atoms with Crippen LogP contribution in [0.2, 0.25) is 0 Å². The van der Waals surface area contributed by atoms with Crippen LogP contribution in [0.15, 0.2) is 30.3 Å². The molecule has 0 heterocycles. The van der Waals surface area contributed by atoms with Crippen LogP contribution in [0.3, 0.4) is 0 Å². The SMILES string of the molecule is CCN(CC(=O)O)C(=O)C(C)CCCc1ccccc1. The number of carbonyl (C=O) groups excluding carboxylic acids is 1. The third-order valence-electron chi connectivity index (χ3n) is 3.39. The molecule has 0 aliphatic carbocycles. The van der Waals surface area contributed by atoms with E-state index in [2.05, 4.69) is 12.1 Å². The molecule has 0 fully saturated rings. The van der Waals surface area contributed by atoms with E-state index in [4.69, 9.17) is 5.11 Å². The molecule has 0 aliphatic heterocycles. The third-order valence-corrected chi connectivity index (χ3v) is 3.39. The zero-order chi connectivity index (χ0) is 15.0. The Bertz CT molecular complexity index is 431. The molecule has 1 unspecified atom stereocenters. The predicted octanol–water partition coefficient (Wildman–Crippen LogP) is 2.58. The Morgan fingerprint density at radius 2 is 1.90 bits per heavy atom. The highest BCUT2D eigenvalue weighted by Crippen LogP contribution is 2.13. The Labute approximate surface area is 120 Å². The predicted molar refractivity (Wildman–Crippen MR) is 78.4 cm³/mol. The maximum atomic E-state index is 12.1. The quantitative estimate of drug-likeness (QED) is 0.794. The van der Waals surface area contributed by atoms with Crippen LogP contribution in [0.5, 0.6) is 0 Å². The minimum atomic E-state index is -0.961. The van der Waals surface area contributed by atoms with E-state index in [0.717, 1.165) is 19.3 Å². The van der Waals surface area contributed by atoms with E-state index in [-0.39, 0.29) is 18.4 Å². The molecular weight excluding hydrogens is 254 g/mol. The molecule has 0 saturated carbocycles. The van der Waals surface area contributed by atoms with Crippen molar-refractivity contribution < 1.29 is 14.7 Å². The minimum absolute atomic E-state index is 0.0667. The molecule has 1 atom stereocenters. The lowest BCUT2D eigenvalue weighted by Crippen LogP contribution is -2.38. The number of rotatable bonds is 8. The van der Waals surface area contributed by atoms with Crippen LogP contribution in [0.4, 0.5) is 0 Å². The van der Waals surface area contributed by atoms with Gasteiger partial charge in [0.1, 0.15) is 6.54 Å². The van der Waals surface area contributed by atoms with Crippen LogP contribution in [-0.4, -0.2) is 35.0 Å². The van der Waals surface area contributed by atoms with Crippen molar-refractivity contribution in [2.24, 2.45) is 5.92 Å². The number of carboxylic acid groups (broad SMARTS) is 1. The Balaban J connectivity index is 2.39.